The Kier molecular flexibility index (Phi) is 68.5. The van der Waals surface area contributed by atoms with Gasteiger partial charge in [0.2, 0.25) is 0 Å². The molecule has 0 unspecified atom stereocenters. The van der Waals surface area contributed by atoms with E-state index in [0.29, 0.717) is 19.6 Å². The Hall–Kier alpha value is -1.47. The summed E-state index contributed by atoms with van der Waals surface area (Å²) in [5.41, 5.74) is 4.50. The fraction of sp³-hybridized carbons (Fsp3) is 0.939. The lowest BCUT2D eigenvalue weighted by Crippen LogP contribution is -2.27. The molecule has 0 aromatic heterocycles. The predicted molar refractivity (Wildman–Crippen MR) is 246 cm³/mol. The summed E-state index contributed by atoms with van der Waals surface area (Å²) in [6.07, 6.45) is 46.1. The van der Waals surface area contributed by atoms with Gasteiger partial charge in [-0.2, -0.15) is 0 Å². The molecule has 0 aromatic rings. The van der Waals surface area contributed by atoms with E-state index in [1.165, 1.54) is 213 Å². The molecule has 0 atom stereocenters. The van der Waals surface area contributed by atoms with Gasteiger partial charge < -0.3 is 24.9 Å². The van der Waals surface area contributed by atoms with E-state index in [1.807, 2.05) is 0 Å². The van der Waals surface area contributed by atoms with Gasteiger partial charge in [-0.3, -0.25) is 9.59 Å². The molecule has 0 heterocycles. The molecule has 0 aliphatic rings. The van der Waals surface area contributed by atoms with Gasteiger partial charge in [0.25, 0.3) is 12.9 Å². The summed E-state index contributed by atoms with van der Waals surface area (Å²) in [7, 11) is 1.50. The smallest absolute Gasteiger partial charge is 0.293 e. The van der Waals surface area contributed by atoms with E-state index >= 15 is 0 Å². The average molecular weight is 799 g/mol. The van der Waals surface area contributed by atoms with Crippen LogP contribution >= 0.6 is 0 Å². The molecule has 0 aliphatic carbocycles. The van der Waals surface area contributed by atoms with Crippen LogP contribution in [0.15, 0.2) is 0 Å². The molecule has 0 fully saturated rings. The highest BCUT2D eigenvalue weighted by molar-refractivity contribution is 5.49. The van der Waals surface area contributed by atoms with Gasteiger partial charge in [-0.05, 0) is 78.0 Å². The predicted octanol–water partition coefficient (Wildman–Crippen LogP) is 14.5. The monoisotopic (exact) mass is 799 g/mol. The lowest BCUT2D eigenvalue weighted by atomic mass is 10.0. The molecule has 0 aliphatic heterocycles. The van der Waals surface area contributed by atoms with Crippen molar-refractivity contribution >= 4 is 19.2 Å². The summed E-state index contributed by atoms with van der Waals surface area (Å²) >= 11 is 0. The van der Waals surface area contributed by atoms with E-state index < -0.39 is 0 Å². The van der Waals surface area contributed by atoms with Gasteiger partial charge in [0, 0.05) is 6.42 Å². The van der Waals surface area contributed by atoms with Crippen molar-refractivity contribution in [1.82, 2.24) is 4.90 Å². The van der Waals surface area contributed by atoms with Crippen LogP contribution in [0.5, 0.6) is 0 Å². The number of unbranched alkanes of at least 4 members (excludes halogenated alkanes) is 27. The quantitative estimate of drug-likeness (QED) is 0.0484. The zero-order valence-electron chi connectivity index (χ0n) is 39.0. The van der Waals surface area contributed by atoms with Crippen LogP contribution in [0.25, 0.3) is 0 Å². The van der Waals surface area contributed by atoms with Crippen LogP contribution in [0.1, 0.15) is 259 Å². The van der Waals surface area contributed by atoms with Gasteiger partial charge in [0.15, 0.2) is 0 Å². The molecule has 338 valence electrons. The SMILES string of the molecule is CCCCCCCCC(CCCCCCCC)OC=O.CCCCCCCCCOC=O.CCCCCCCCN(CCCC=O)CCCCCCCC.CN. The van der Waals surface area contributed by atoms with Gasteiger partial charge >= 0.3 is 0 Å². The number of hydrogen-bond acceptors (Lipinski definition) is 7. The van der Waals surface area contributed by atoms with Crippen LogP contribution in [0, 0.1) is 0 Å². The normalized spacial score (nSPS) is 10.5. The van der Waals surface area contributed by atoms with Crippen LogP contribution in [0.2, 0.25) is 0 Å². The molecular weight excluding hydrogens is 697 g/mol. The van der Waals surface area contributed by atoms with Crippen molar-refractivity contribution in [2.24, 2.45) is 5.73 Å². The third-order valence-corrected chi connectivity index (χ3v) is 10.4. The Bertz CT molecular complexity index is 649. The Morgan fingerprint density at radius 3 is 1.07 bits per heavy atom. The van der Waals surface area contributed by atoms with E-state index in [4.69, 9.17) is 4.74 Å². The number of nitrogens with zero attached hydrogens (tertiary/aromatic N) is 1. The summed E-state index contributed by atoms with van der Waals surface area (Å²) < 4.78 is 9.80. The zero-order chi connectivity index (χ0) is 42.3. The molecular formula is C49H102N2O5. The third-order valence-electron chi connectivity index (χ3n) is 10.4. The van der Waals surface area contributed by atoms with Crippen molar-refractivity contribution in [3.63, 3.8) is 0 Å². The third kappa shape index (κ3) is 61.7. The minimum atomic E-state index is 0.171. The second-order valence-corrected chi connectivity index (χ2v) is 15.7. The van der Waals surface area contributed by atoms with Crippen molar-refractivity contribution in [2.75, 3.05) is 33.3 Å². The fourth-order valence-electron chi connectivity index (χ4n) is 6.82. The highest BCUT2D eigenvalue weighted by atomic mass is 16.5. The number of rotatable bonds is 43. The first-order chi connectivity index (χ1) is 27.6. The van der Waals surface area contributed by atoms with Crippen LogP contribution in [0.4, 0.5) is 0 Å². The number of aldehydes is 1. The summed E-state index contributed by atoms with van der Waals surface area (Å²) in [6, 6.07) is 0. The topological polar surface area (TPSA) is 98.9 Å². The second-order valence-electron chi connectivity index (χ2n) is 15.7. The maximum Gasteiger partial charge on any atom is 0.293 e. The van der Waals surface area contributed by atoms with Crippen molar-refractivity contribution in [2.45, 2.75) is 265 Å². The largest absolute Gasteiger partial charge is 0.468 e. The number of ether oxygens (including phenoxy) is 2. The van der Waals surface area contributed by atoms with Gasteiger partial charge in [0.05, 0.1) is 6.61 Å². The van der Waals surface area contributed by atoms with E-state index in [1.54, 1.807) is 0 Å². The molecule has 7 heteroatoms. The van der Waals surface area contributed by atoms with E-state index in [-0.39, 0.29) is 6.10 Å². The van der Waals surface area contributed by atoms with Crippen LogP contribution in [0.3, 0.4) is 0 Å². The van der Waals surface area contributed by atoms with E-state index in [2.05, 4.69) is 50.0 Å². The summed E-state index contributed by atoms with van der Waals surface area (Å²) in [5.74, 6) is 0. The molecule has 0 saturated heterocycles. The molecule has 0 radical (unpaired) electrons. The van der Waals surface area contributed by atoms with Crippen LogP contribution < -0.4 is 5.73 Å². The van der Waals surface area contributed by atoms with Gasteiger partial charge in [0.1, 0.15) is 12.4 Å². The number of hydrogen-bond donors (Lipinski definition) is 1. The van der Waals surface area contributed by atoms with Crippen LogP contribution in [-0.2, 0) is 23.9 Å². The van der Waals surface area contributed by atoms with Crippen molar-refractivity contribution in [3.8, 4) is 0 Å². The Labute approximate surface area is 351 Å². The standard InChI is InChI=1S/C20H41NO.C18H36O2.C10H20O2.CH5N/c1-3-5-7-9-11-13-17-21(19-15-16-20-22)18-14-12-10-8-6-4-2;1-3-5-7-9-11-13-15-18(20-17-19)16-14-12-10-8-6-4-2;1-2-3-4-5-6-7-8-9-12-10-11;1-2/h20H,3-19H2,1-2H3;17-18H,3-16H2,1-2H3;10H,2-9H2,1H3;2H2,1H3. The first-order valence-electron chi connectivity index (χ1n) is 24.5. The minimum Gasteiger partial charge on any atom is -0.468 e. The van der Waals surface area contributed by atoms with Gasteiger partial charge in [-0.15, -0.1) is 0 Å². The fourth-order valence-corrected chi connectivity index (χ4v) is 6.82. The summed E-state index contributed by atoms with van der Waals surface area (Å²) in [4.78, 5) is 33.4. The van der Waals surface area contributed by atoms with Crippen LogP contribution in [-0.4, -0.2) is 63.5 Å². The molecule has 0 saturated carbocycles. The van der Waals surface area contributed by atoms with Gasteiger partial charge in [-0.25, -0.2) is 0 Å². The molecule has 0 spiro atoms. The van der Waals surface area contributed by atoms with E-state index in [0.717, 1.165) is 44.9 Å². The maximum absolute atomic E-state index is 10.5. The molecule has 0 amide bonds. The lowest BCUT2D eigenvalue weighted by molar-refractivity contribution is -0.134. The first kappa shape index (κ1) is 61.2. The van der Waals surface area contributed by atoms with Gasteiger partial charge in [-0.1, -0.05) is 202 Å². The summed E-state index contributed by atoms with van der Waals surface area (Å²) in [6.45, 7) is 16.6. The molecule has 0 bridgehead atoms. The highest BCUT2D eigenvalue weighted by Gasteiger charge is 2.09. The van der Waals surface area contributed by atoms with Crippen molar-refractivity contribution in [1.29, 1.82) is 0 Å². The Morgan fingerprint density at radius 2 is 0.732 bits per heavy atom. The molecule has 7 nitrogen and oxygen atoms in total. The highest BCUT2D eigenvalue weighted by Crippen LogP contribution is 2.16. The first-order valence-corrected chi connectivity index (χ1v) is 24.5. The number of carbonyl (C=O) groups excluding carboxylic acids is 3. The molecule has 0 aromatic carbocycles. The Balaban J connectivity index is -0.000000368. The van der Waals surface area contributed by atoms with Crippen molar-refractivity contribution in [3.05, 3.63) is 0 Å². The zero-order valence-corrected chi connectivity index (χ0v) is 39.0. The minimum absolute atomic E-state index is 0.171. The number of nitrogens with two attached hydrogens (primary N) is 1. The summed E-state index contributed by atoms with van der Waals surface area (Å²) in [5, 5.41) is 0. The maximum atomic E-state index is 10.5. The van der Waals surface area contributed by atoms with E-state index in [9.17, 15) is 14.4 Å². The molecule has 56 heavy (non-hydrogen) atoms. The molecule has 2 N–H and O–H groups in total. The Morgan fingerprint density at radius 1 is 0.411 bits per heavy atom. The second kappa shape index (κ2) is 62.7. The lowest BCUT2D eigenvalue weighted by Gasteiger charge is -2.22. The van der Waals surface area contributed by atoms with Crippen molar-refractivity contribution < 1.29 is 23.9 Å². The average Bonchev–Trinajstić information content (AvgIpc) is 3.22. The number of carbonyl (C=O) groups is 3. The molecule has 0 rings (SSSR count).